The van der Waals surface area contributed by atoms with Gasteiger partial charge in [0.15, 0.2) is 0 Å². The van der Waals surface area contributed by atoms with Gasteiger partial charge in [0.05, 0.1) is 0 Å². The maximum absolute atomic E-state index is 10.0. The van der Waals surface area contributed by atoms with Gasteiger partial charge in [0.1, 0.15) is 6.04 Å². The Morgan fingerprint density at radius 3 is 2.22 bits per heavy atom. The number of carbonyl (C=O) groups is 1. The Hall–Kier alpha value is -0.570. The minimum atomic E-state index is -1.02. The van der Waals surface area contributed by atoms with Crippen molar-refractivity contribution in [2.75, 3.05) is 0 Å². The summed E-state index contributed by atoms with van der Waals surface area (Å²) in [6, 6.07) is -0.940. The predicted molar refractivity (Wildman–Crippen MR) is 34.0 cm³/mol. The number of hydrogen-bond acceptors (Lipinski definition) is 1. The van der Waals surface area contributed by atoms with Crippen LogP contribution in [0.2, 0.25) is 0 Å². The zero-order valence-electron chi connectivity index (χ0n) is 5.72. The minimum Gasteiger partial charge on any atom is -0.480 e. The van der Waals surface area contributed by atoms with Gasteiger partial charge in [-0.1, -0.05) is 13.8 Å². The average molecular weight is 130 g/mol. The molecule has 0 aromatic heterocycles. The average Bonchev–Trinajstić information content (AvgIpc) is 1.63. The first kappa shape index (κ1) is 8.43. The molecule has 1 unspecified atom stereocenters. The lowest BCUT2D eigenvalue weighted by atomic mass is 10.1. The van der Waals surface area contributed by atoms with Crippen LogP contribution in [-0.2, 0) is 4.79 Å². The van der Waals surface area contributed by atoms with Crippen LogP contribution in [0.4, 0.5) is 0 Å². The molecule has 1 atom stereocenters. The molecule has 0 amide bonds. The van der Waals surface area contributed by atoms with Gasteiger partial charge in [-0.15, -0.1) is 0 Å². The molecule has 0 aromatic rings. The Balaban J connectivity index is 3.50. The molecule has 0 saturated heterocycles. The van der Waals surface area contributed by atoms with Crippen LogP contribution >= 0.6 is 0 Å². The van der Waals surface area contributed by atoms with Crippen LogP contribution in [0.15, 0.2) is 0 Å². The summed E-state index contributed by atoms with van der Waals surface area (Å²) in [7, 11) is 0. The van der Waals surface area contributed by atoms with Gasteiger partial charge in [-0.05, 0) is 12.3 Å². The third-order valence-corrected chi connectivity index (χ3v) is 1.01. The SMILES string of the molecule is CC(C)CC([NH])C(=O)O. The monoisotopic (exact) mass is 130 g/mol. The summed E-state index contributed by atoms with van der Waals surface area (Å²) in [6.07, 6.45) is 0.440. The Bertz CT molecular complexity index is 101. The van der Waals surface area contributed by atoms with Crippen molar-refractivity contribution in [2.45, 2.75) is 26.3 Å². The topological polar surface area (TPSA) is 61.1 Å². The van der Waals surface area contributed by atoms with Crippen LogP contribution in [0.5, 0.6) is 0 Å². The quantitative estimate of drug-likeness (QED) is 0.613. The van der Waals surface area contributed by atoms with E-state index in [0.717, 1.165) is 0 Å². The fraction of sp³-hybridized carbons (Fsp3) is 0.833. The molecule has 0 aliphatic rings. The smallest absolute Gasteiger partial charge is 0.322 e. The Labute approximate surface area is 54.9 Å². The van der Waals surface area contributed by atoms with Crippen molar-refractivity contribution < 1.29 is 9.90 Å². The Kier molecular flexibility index (Phi) is 3.24. The standard InChI is InChI=1S/C6H12NO2/c1-4(2)3-5(7)6(8)9/h4-5,7H,3H2,1-2H3,(H,8,9). The molecule has 3 nitrogen and oxygen atoms in total. The molecule has 0 aliphatic heterocycles. The van der Waals surface area contributed by atoms with E-state index in [1.165, 1.54) is 0 Å². The van der Waals surface area contributed by atoms with E-state index in [2.05, 4.69) is 0 Å². The minimum absolute atomic E-state index is 0.295. The normalized spacial score (nSPS) is 13.8. The zero-order chi connectivity index (χ0) is 7.44. The molecule has 0 heterocycles. The molecule has 9 heavy (non-hydrogen) atoms. The highest BCUT2D eigenvalue weighted by molar-refractivity contribution is 5.72. The van der Waals surface area contributed by atoms with Gasteiger partial charge in [0.25, 0.3) is 0 Å². The summed E-state index contributed by atoms with van der Waals surface area (Å²) in [5.74, 6) is -0.729. The Morgan fingerprint density at radius 2 is 2.11 bits per heavy atom. The van der Waals surface area contributed by atoms with Crippen LogP contribution < -0.4 is 5.73 Å². The lowest BCUT2D eigenvalue weighted by Crippen LogP contribution is -2.22. The maximum Gasteiger partial charge on any atom is 0.322 e. The van der Waals surface area contributed by atoms with Crippen molar-refractivity contribution in [3.63, 3.8) is 0 Å². The zero-order valence-corrected chi connectivity index (χ0v) is 5.72. The number of aliphatic carboxylic acids is 1. The summed E-state index contributed by atoms with van der Waals surface area (Å²) in [5.41, 5.74) is 6.96. The van der Waals surface area contributed by atoms with Crippen molar-refractivity contribution >= 4 is 5.97 Å². The number of nitrogens with one attached hydrogen (secondary N) is 1. The van der Waals surface area contributed by atoms with Crippen molar-refractivity contribution in [3.05, 3.63) is 0 Å². The van der Waals surface area contributed by atoms with Gasteiger partial charge >= 0.3 is 5.97 Å². The molecule has 0 rings (SSSR count). The van der Waals surface area contributed by atoms with Crippen LogP contribution in [0.25, 0.3) is 0 Å². The Morgan fingerprint density at radius 1 is 1.67 bits per heavy atom. The van der Waals surface area contributed by atoms with Gasteiger partial charge in [0, 0.05) is 0 Å². The van der Waals surface area contributed by atoms with Gasteiger partial charge in [-0.2, -0.15) is 0 Å². The highest BCUT2D eigenvalue weighted by atomic mass is 16.4. The van der Waals surface area contributed by atoms with Crippen LogP contribution in [0.1, 0.15) is 20.3 Å². The van der Waals surface area contributed by atoms with Gasteiger partial charge in [0.2, 0.25) is 0 Å². The van der Waals surface area contributed by atoms with Crippen molar-refractivity contribution in [2.24, 2.45) is 5.92 Å². The summed E-state index contributed by atoms with van der Waals surface area (Å²) < 4.78 is 0. The lowest BCUT2D eigenvalue weighted by molar-refractivity contribution is -0.139. The molecule has 0 aromatic carbocycles. The molecule has 2 N–H and O–H groups in total. The third kappa shape index (κ3) is 3.97. The van der Waals surface area contributed by atoms with E-state index in [1.807, 2.05) is 13.8 Å². The highest BCUT2D eigenvalue weighted by Gasteiger charge is 2.12. The lowest BCUT2D eigenvalue weighted by Gasteiger charge is -2.06. The summed E-state index contributed by atoms with van der Waals surface area (Å²) in [6.45, 7) is 3.81. The number of carboxylic acid groups (broad SMARTS) is 1. The van der Waals surface area contributed by atoms with Crippen molar-refractivity contribution in [3.8, 4) is 0 Å². The molecule has 0 fully saturated rings. The first-order valence-electron chi connectivity index (χ1n) is 2.98. The third-order valence-electron chi connectivity index (χ3n) is 1.01. The molecule has 0 spiro atoms. The fourth-order valence-electron chi connectivity index (χ4n) is 0.572. The summed E-state index contributed by atoms with van der Waals surface area (Å²) >= 11 is 0. The van der Waals surface area contributed by atoms with E-state index in [0.29, 0.717) is 12.3 Å². The van der Waals surface area contributed by atoms with E-state index in [-0.39, 0.29) is 0 Å². The molecule has 53 valence electrons. The van der Waals surface area contributed by atoms with E-state index < -0.39 is 12.0 Å². The maximum atomic E-state index is 10.0. The molecule has 0 bridgehead atoms. The largest absolute Gasteiger partial charge is 0.480 e. The number of hydrogen-bond donors (Lipinski definition) is 1. The predicted octanol–water partition coefficient (Wildman–Crippen LogP) is 0.769. The van der Waals surface area contributed by atoms with E-state index >= 15 is 0 Å². The number of carboxylic acids is 1. The van der Waals surface area contributed by atoms with Crippen LogP contribution in [0, 0.1) is 5.92 Å². The number of rotatable bonds is 3. The van der Waals surface area contributed by atoms with Crippen molar-refractivity contribution in [1.82, 2.24) is 5.73 Å². The molecule has 1 radical (unpaired) electrons. The summed E-state index contributed by atoms with van der Waals surface area (Å²) in [4.78, 5) is 10.0. The second-order valence-electron chi connectivity index (χ2n) is 2.52. The molecular formula is C6H12NO2. The molecule has 0 aliphatic carbocycles. The van der Waals surface area contributed by atoms with Gasteiger partial charge < -0.3 is 5.11 Å². The summed E-state index contributed by atoms with van der Waals surface area (Å²) in [5, 5.41) is 8.24. The van der Waals surface area contributed by atoms with Crippen molar-refractivity contribution in [1.29, 1.82) is 0 Å². The van der Waals surface area contributed by atoms with E-state index in [9.17, 15) is 4.79 Å². The van der Waals surface area contributed by atoms with Crippen LogP contribution in [0.3, 0.4) is 0 Å². The molecular weight excluding hydrogens is 118 g/mol. The first-order valence-corrected chi connectivity index (χ1v) is 2.98. The highest BCUT2D eigenvalue weighted by Crippen LogP contribution is 2.02. The van der Waals surface area contributed by atoms with Crippen LogP contribution in [-0.4, -0.2) is 17.1 Å². The second kappa shape index (κ2) is 3.45. The first-order chi connectivity index (χ1) is 4.04. The molecule has 3 heteroatoms. The second-order valence-corrected chi connectivity index (χ2v) is 2.52. The van der Waals surface area contributed by atoms with E-state index in [4.69, 9.17) is 10.8 Å². The van der Waals surface area contributed by atoms with E-state index in [1.54, 1.807) is 0 Å². The van der Waals surface area contributed by atoms with Gasteiger partial charge in [-0.3, -0.25) is 4.79 Å². The molecule has 0 saturated carbocycles. The fourth-order valence-corrected chi connectivity index (χ4v) is 0.572. The van der Waals surface area contributed by atoms with Gasteiger partial charge in [-0.25, -0.2) is 5.73 Å².